The van der Waals surface area contributed by atoms with E-state index < -0.39 is 0 Å². The summed E-state index contributed by atoms with van der Waals surface area (Å²) in [5.41, 5.74) is 0.719. The fraction of sp³-hybridized carbons (Fsp3) is 0.500. The third kappa shape index (κ3) is 3.80. The van der Waals surface area contributed by atoms with E-state index in [-0.39, 0.29) is 5.91 Å². The lowest BCUT2D eigenvalue weighted by atomic mass is 10.1. The molecular formula is C14H18Br2N2O. The van der Waals surface area contributed by atoms with Crippen molar-refractivity contribution in [1.82, 2.24) is 9.80 Å². The molecule has 0 spiro atoms. The molecule has 0 aliphatic carbocycles. The van der Waals surface area contributed by atoms with Gasteiger partial charge in [-0.2, -0.15) is 0 Å². The highest BCUT2D eigenvalue weighted by Gasteiger charge is 2.23. The van der Waals surface area contributed by atoms with Gasteiger partial charge in [0.1, 0.15) is 0 Å². The second-order valence-electron chi connectivity index (χ2n) is 5.23. The van der Waals surface area contributed by atoms with Gasteiger partial charge in [0.15, 0.2) is 0 Å². The molecule has 0 aromatic heterocycles. The zero-order valence-electron chi connectivity index (χ0n) is 11.2. The highest BCUT2D eigenvalue weighted by Crippen LogP contribution is 2.24. The Morgan fingerprint density at radius 3 is 2.79 bits per heavy atom. The predicted octanol–water partition coefficient (Wildman–Crippen LogP) is 3.24. The van der Waals surface area contributed by atoms with Crippen molar-refractivity contribution in [3.8, 4) is 0 Å². The molecule has 1 amide bonds. The highest BCUT2D eigenvalue weighted by atomic mass is 79.9. The summed E-state index contributed by atoms with van der Waals surface area (Å²) >= 11 is 6.85. The van der Waals surface area contributed by atoms with Crippen molar-refractivity contribution in [3.63, 3.8) is 0 Å². The minimum absolute atomic E-state index is 0.0777. The van der Waals surface area contributed by atoms with Crippen LogP contribution >= 0.6 is 31.9 Å². The number of hydrogen-bond donors (Lipinski definition) is 0. The Kier molecular flexibility index (Phi) is 5.03. The van der Waals surface area contributed by atoms with Gasteiger partial charge in [-0.15, -0.1) is 0 Å². The number of hydrogen-bond acceptors (Lipinski definition) is 2. The van der Waals surface area contributed by atoms with Crippen molar-refractivity contribution in [2.45, 2.75) is 6.42 Å². The standard InChI is InChI=1S/C14H18Br2N2O/c1-17-6-5-10(8-17)9-18(2)14(19)12-4-3-11(15)7-13(12)16/h3-4,7,10H,5-6,8-9H2,1-2H3. The van der Waals surface area contributed by atoms with Crippen LogP contribution in [0.1, 0.15) is 16.8 Å². The van der Waals surface area contributed by atoms with Crippen LogP contribution in [0.5, 0.6) is 0 Å². The number of amides is 1. The number of carbonyl (C=O) groups excluding carboxylic acids is 1. The van der Waals surface area contributed by atoms with E-state index in [0.717, 1.165) is 34.1 Å². The van der Waals surface area contributed by atoms with Crippen molar-refractivity contribution in [2.75, 3.05) is 33.7 Å². The van der Waals surface area contributed by atoms with Crippen molar-refractivity contribution >= 4 is 37.8 Å². The lowest BCUT2D eigenvalue weighted by molar-refractivity contribution is 0.0773. The molecule has 0 saturated carbocycles. The van der Waals surface area contributed by atoms with Gasteiger partial charge in [-0.05, 0) is 60.1 Å². The van der Waals surface area contributed by atoms with Gasteiger partial charge in [0.05, 0.1) is 5.56 Å². The Hall–Kier alpha value is -0.390. The van der Waals surface area contributed by atoms with Crippen molar-refractivity contribution in [1.29, 1.82) is 0 Å². The van der Waals surface area contributed by atoms with Gasteiger partial charge >= 0.3 is 0 Å². The number of likely N-dealkylation sites (tertiary alicyclic amines) is 1. The Morgan fingerprint density at radius 2 is 2.21 bits per heavy atom. The second kappa shape index (κ2) is 6.37. The zero-order valence-corrected chi connectivity index (χ0v) is 14.4. The third-order valence-electron chi connectivity index (χ3n) is 3.53. The van der Waals surface area contributed by atoms with Gasteiger partial charge in [-0.25, -0.2) is 0 Å². The van der Waals surface area contributed by atoms with E-state index in [1.807, 2.05) is 30.1 Å². The van der Waals surface area contributed by atoms with Gasteiger partial charge in [0.25, 0.3) is 5.91 Å². The normalized spacial score (nSPS) is 19.7. The number of halogens is 2. The van der Waals surface area contributed by atoms with E-state index in [1.54, 1.807) is 0 Å². The monoisotopic (exact) mass is 388 g/mol. The van der Waals surface area contributed by atoms with Crippen LogP contribution in [0.4, 0.5) is 0 Å². The van der Waals surface area contributed by atoms with Crippen LogP contribution in [0.3, 0.4) is 0 Å². The third-order valence-corrected chi connectivity index (χ3v) is 4.68. The van der Waals surface area contributed by atoms with Gasteiger partial charge in [0, 0.05) is 29.1 Å². The minimum atomic E-state index is 0.0777. The van der Waals surface area contributed by atoms with Gasteiger partial charge < -0.3 is 9.80 Å². The second-order valence-corrected chi connectivity index (χ2v) is 7.00. The van der Waals surface area contributed by atoms with Crippen molar-refractivity contribution < 1.29 is 4.79 Å². The zero-order chi connectivity index (χ0) is 14.0. The van der Waals surface area contributed by atoms with Crippen LogP contribution in [0.2, 0.25) is 0 Å². The Bertz CT molecular complexity index is 479. The van der Waals surface area contributed by atoms with Crippen molar-refractivity contribution in [3.05, 3.63) is 32.7 Å². The summed E-state index contributed by atoms with van der Waals surface area (Å²) in [4.78, 5) is 16.6. The maximum atomic E-state index is 12.4. The summed E-state index contributed by atoms with van der Waals surface area (Å²) in [5, 5.41) is 0. The highest BCUT2D eigenvalue weighted by molar-refractivity contribution is 9.11. The summed E-state index contributed by atoms with van der Waals surface area (Å²) in [7, 11) is 4.02. The molecule has 5 heteroatoms. The first kappa shape index (κ1) is 15.0. The van der Waals surface area contributed by atoms with Crippen LogP contribution < -0.4 is 0 Å². The number of benzene rings is 1. The maximum Gasteiger partial charge on any atom is 0.254 e. The molecule has 0 N–H and O–H groups in total. The lowest BCUT2D eigenvalue weighted by Crippen LogP contribution is -2.33. The first-order valence-electron chi connectivity index (χ1n) is 6.36. The molecule has 1 aliphatic heterocycles. The van der Waals surface area contributed by atoms with Crippen LogP contribution in [-0.2, 0) is 0 Å². The quantitative estimate of drug-likeness (QED) is 0.792. The molecule has 0 bridgehead atoms. The SMILES string of the molecule is CN1CCC(CN(C)C(=O)c2ccc(Br)cc2Br)C1. The predicted molar refractivity (Wildman–Crippen MR) is 84.4 cm³/mol. The van der Waals surface area contributed by atoms with E-state index in [1.165, 1.54) is 6.42 Å². The topological polar surface area (TPSA) is 23.6 Å². The Morgan fingerprint density at radius 1 is 1.47 bits per heavy atom. The summed E-state index contributed by atoms with van der Waals surface area (Å²) in [6.07, 6.45) is 1.18. The lowest BCUT2D eigenvalue weighted by Gasteiger charge is -2.22. The molecule has 3 nitrogen and oxygen atoms in total. The smallest absolute Gasteiger partial charge is 0.254 e. The van der Waals surface area contributed by atoms with Crippen LogP contribution in [-0.4, -0.2) is 49.4 Å². The molecule has 1 heterocycles. The number of carbonyl (C=O) groups is 1. The van der Waals surface area contributed by atoms with Gasteiger partial charge in [-0.3, -0.25) is 4.79 Å². The number of nitrogens with zero attached hydrogens (tertiary/aromatic N) is 2. The van der Waals surface area contributed by atoms with Crippen molar-refractivity contribution in [2.24, 2.45) is 5.92 Å². The van der Waals surface area contributed by atoms with Crippen LogP contribution in [0, 0.1) is 5.92 Å². The van der Waals surface area contributed by atoms with E-state index >= 15 is 0 Å². The van der Waals surface area contributed by atoms with Gasteiger partial charge in [-0.1, -0.05) is 15.9 Å². The largest absolute Gasteiger partial charge is 0.341 e. The van der Waals surface area contributed by atoms with E-state index in [2.05, 4.69) is 43.8 Å². The summed E-state index contributed by atoms with van der Waals surface area (Å²) in [6, 6.07) is 5.66. The molecule has 2 rings (SSSR count). The minimum Gasteiger partial charge on any atom is -0.341 e. The molecule has 1 aliphatic rings. The molecule has 0 radical (unpaired) electrons. The van der Waals surface area contributed by atoms with E-state index in [0.29, 0.717) is 5.92 Å². The van der Waals surface area contributed by atoms with E-state index in [4.69, 9.17) is 0 Å². The Balaban J connectivity index is 2.02. The molecule has 1 aromatic carbocycles. The molecular weight excluding hydrogens is 372 g/mol. The van der Waals surface area contributed by atoms with Crippen LogP contribution in [0.25, 0.3) is 0 Å². The molecule has 1 fully saturated rings. The first-order chi connectivity index (χ1) is 8.97. The Labute approximate surface area is 131 Å². The maximum absolute atomic E-state index is 12.4. The fourth-order valence-corrected chi connectivity index (χ4v) is 3.73. The molecule has 1 unspecified atom stereocenters. The molecule has 1 saturated heterocycles. The molecule has 1 atom stereocenters. The first-order valence-corrected chi connectivity index (χ1v) is 7.95. The summed E-state index contributed by atoms with van der Waals surface area (Å²) in [5.74, 6) is 0.669. The van der Waals surface area contributed by atoms with E-state index in [9.17, 15) is 4.79 Å². The van der Waals surface area contributed by atoms with Gasteiger partial charge in [0.2, 0.25) is 0 Å². The molecule has 19 heavy (non-hydrogen) atoms. The fourth-order valence-electron chi connectivity index (χ4n) is 2.51. The summed E-state index contributed by atoms with van der Waals surface area (Å²) in [6.45, 7) is 3.04. The molecule has 1 aromatic rings. The average molecular weight is 390 g/mol. The average Bonchev–Trinajstić information content (AvgIpc) is 2.74. The summed E-state index contributed by atoms with van der Waals surface area (Å²) < 4.78 is 1.80. The number of rotatable bonds is 3. The van der Waals surface area contributed by atoms with Crippen LogP contribution in [0.15, 0.2) is 27.1 Å². The molecule has 104 valence electrons.